The Kier molecular flexibility index (Phi) is 7.41. The molecule has 0 N–H and O–H groups in total. The van der Waals surface area contributed by atoms with E-state index in [-0.39, 0.29) is 12.2 Å². The van der Waals surface area contributed by atoms with Crippen LogP contribution in [-0.4, -0.2) is 23.8 Å². The van der Waals surface area contributed by atoms with Gasteiger partial charge in [0.1, 0.15) is 11.8 Å². The van der Waals surface area contributed by atoms with Crippen LogP contribution in [0.1, 0.15) is 35.9 Å². The number of hydrogen-bond acceptors (Lipinski definition) is 7. The van der Waals surface area contributed by atoms with Gasteiger partial charge in [0.2, 0.25) is 0 Å². The number of carbonyl (C=O) groups is 1. The Balaban J connectivity index is 1.75. The van der Waals surface area contributed by atoms with E-state index < -0.39 is 12.0 Å². The molecule has 6 nitrogen and oxygen atoms in total. The minimum Gasteiger partial charge on any atom is -0.492 e. The van der Waals surface area contributed by atoms with Crippen LogP contribution in [0.3, 0.4) is 0 Å². The summed E-state index contributed by atoms with van der Waals surface area (Å²) >= 11 is 9.13. The minimum absolute atomic E-state index is 0.213. The van der Waals surface area contributed by atoms with E-state index in [1.165, 1.54) is 22.7 Å². The molecular weight excluding hydrogens is 528 g/mol. The summed E-state index contributed by atoms with van der Waals surface area (Å²) in [6.07, 6.45) is 1.78. The summed E-state index contributed by atoms with van der Waals surface area (Å²) in [6, 6.07) is 18.1. The van der Waals surface area contributed by atoms with Crippen LogP contribution in [0.25, 0.3) is 11.8 Å². The quantitative estimate of drug-likeness (QED) is 0.302. The zero-order valence-electron chi connectivity index (χ0n) is 20.1. The van der Waals surface area contributed by atoms with Crippen molar-refractivity contribution in [1.29, 1.82) is 0 Å². The molecule has 2 aromatic heterocycles. The Hall–Kier alpha value is -3.46. The number of rotatable bonds is 7. The molecule has 1 atom stereocenters. The number of hydrogen-bond donors (Lipinski definition) is 0. The van der Waals surface area contributed by atoms with Gasteiger partial charge in [0, 0.05) is 10.4 Å². The number of aromatic nitrogens is 1. The van der Waals surface area contributed by atoms with Gasteiger partial charge in [-0.1, -0.05) is 65.4 Å². The van der Waals surface area contributed by atoms with Crippen LogP contribution in [-0.2, 0) is 9.53 Å². The molecule has 1 aliphatic heterocycles. The molecule has 9 heteroatoms. The van der Waals surface area contributed by atoms with Gasteiger partial charge in [-0.3, -0.25) is 9.36 Å². The van der Waals surface area contributed by atoms with Crippen LogP contribution < -0.4 is 19.6 Å². The highest BCUT2D eigenvalue weighted by Crippen LogP contribution is 2.36. The first-order chi connectivity index (χ1) is 18.0. The van der Waals surface area contributed by atoms with Crippen LogP contribution >= 0.6 is 34.3 Å². The maximum absolute atomic E-state index is 13.8. The zero-order chi connectivity index (χ0) is 25.9. The smallest absolute Gasteiger partial charge is 0.338 e. The van der Waals surface area contributed by atoms with Crippen molar-refractivity contribution in [2.24, 2.45) is 4.99 Å². The maximum Gasteiger partial charge on any atom is 0.338 e. The number of thiazole rings is 1. The third-order valence-corrected chi connectivity index (χ3v) is 7.94. The van der Waals surface area contributed by atoms with Gasteiger partial charge in [0.25, 0.3) is 5.56 Å². The number of nitrogens with zero attached hydrogens (tertiary/aromatic N) is 2. The molecule has 37 heavy (non-hydrogen) atoms. The van der Waals surface area contributed by atoms with Gasteiger partial charge in [0.05, 0.1) is 34.0 Å². The molecule has 0 bridgehead atoms. The number of halogens is 1. The van der Waals surface area contributed by atoms with Crippen molar-refractivity contribution in [3.63, 3.8) is 0 Å². The van der Waals surface area contributed by atoms with Crippen LogP contribution in [0, 0.1) is 0 Å². The summed E-state index contributed by atoms with van der Waals surface area (Å²) in [5, 5.41) is 2.40. The fourth-order valence-corrected chi connectivity index (χ4v) is 6.26. The fraction of sp³-hybridized carbons (Fsp3) is 0.179. The summed E-state index contributed by atoms with van der Waals surface area (Å²) in [5.41, 5.74) is 2.16. The van der Waals surface area contributed by atoms with Crippen molar-refractivity contribution in [2.45, 2.75) is 19.9 Å². The van der Waals surface area contributed by atoms with Gasteiger partial charge >= 0.3 is 5.97 Å². The van der Waals surface area contributed by atoms with Crippen molar-refractivity contribution >= 4 is 52.0 Å². The summed E-state index contributed by atoms with van der Waals surface area (Å²) in [4.78, 5) is 33.3. The normalized spacial score (nSPS) is 15.3. The lowest BCUT2D eigenvalue weighted by Crippen LogP contribution is -2.39. The second kappa shape index (κ2) is 10.9. The molecule has 5 rings (SSSR count). The van der Waals surface area contributed by atoms with Crippen molar-refractivity contribution < 1.29 is 14.3 Å². The molecule has 0 unspecified atom stereocenters. The monoisotopic (exact) mass is 550 g/mol. The molecule has 0 fully saturated rings. The average Bonchev–Trinajstić information content (AvgIpc) is 3.54. The van der Waals surface area contributed by atoms with Crippen LogP contribution in [0.15, 0.2) is 81.4 Å². The van der Waals surface area contributed by atoms with E-state index in [4.69, 9.17) is 26.1 Å². The first kappa shape index (κ1) is 25.2. The van der Waals surface area contributed by atoms with Gasteiger partial charge in [-0.2, -0.15) is 0 Å². The molecule has 4 aromatic rings. The first-order valence-corrected chi connectivity index (χ1v) is 13.8. The predicted octanol–water partition coefficient (Wildman–Crippen LogP) is 5.05. The molecular formula is C28H23ClN2O4S2. The molecule has 3 heterocycles. The Morgan fingerprint density at radius 3 is 2.59 bits per heavy atom. The molecule has 0 spiro atoms. The van der Waals surface area contributed by atoms with Crippen molar-refractivity contribution in [1.82, 2.24) is 4.57 Å². The zero-order valence-corrected chi connectivity index (χ0v) is 22.5. The lowest BCUT2D eigenvalue weighted by atomic mass is 9.97. The first-order valence-electron chi connectivity index (χ1n) is 11.8. The lowest BCUT2D eigenvalue weighted by molar-refractivity contribution is -0.138. The van der Waals surface area contributed by atoms with Crippen LogP contribution in [0.5, 0.6) is 5.75 Å². The van der Waals surface area contributed by atoms with E-state index in [9.17, 15) is 9.59 Å². The number of fused-ring (bicyclic) bond motifs is 1. The highest BCUT2D eigenvalue weighted by molar-refractivity contribution is 7.10. The number of thiophene rings is 1. The summed E-state index contributed by atoms with van der Waals surface area (Å²) in [5.74, 6) is 0.100. The number of esters is 1. The van der Waals surface area contributed by atoms with E-state index in [1.54, 1.807) is 29.7 Å². The van der Waals surface area contributed by atoms with E-state index in [2.05, 4.69) is 0 Å². The largest absolute Gasteiger partial charge is 0.492 e. The number of benzene rings is 2. The van der Waals surface area contributed by atoms with E-state index in [0.29, 0.717) is 38.0 Å². The second-order valence-corrected chi connectivity index (χ2v) is 10.5. The lowest BCUT2D eigenvalue weighted by Gasteiger charge is -2.24. The number of ether oxygens (including phenoxy) is 2. The average molecular weight is 551 g/mol. The predicted molar refractivity (Wildman–Crippen MR) is 148 cm³/mol. The van der Waals surface area contributed by atoms with Crippen molar-refractivity contribution in [2.75, 3.05) is 13.2 Å². The second-order valence-electron chi connectivity index (χ2n) is 8.07. The number of carbonyl (C=O) groups excluding carboxylic acids is 1. The molecule has 0 aliphatic carbocycles. The fourth-order valence-electron chi connectivity index (χ4n) is 4.19. The van der Waals surface area contributed by atoms with Crippen LogP contribution in [0.4, 0.5) is 0 Å². The standard InChI is InChI=1S/C28H23ClN2O4S2/c1-3-34-20-13-12-17(15-19(20)29)16-22-26(32)31-25(21-11-8-14-36-21)23(27(33)35-4-2)24(30-28(31)37-22)18-9-6-5-7-10-18/h5-16,25H,3-4H2,1-2H3/b22-16-/t25-/m1/s1. The third-order valence-electron chi connectivity index (χ3n) is 5.74. The van der Waals surface area contributed by atoms with Crippen molar-refractivity contribution in [3.05, 3.63) is 112 Å². The van der Waals surface area contributed by atoms with Gasteiger partial charge in [0.15, 0.2) is 4.80 Å². The summed E-state index contributed by atoms with van der Waals surface area (Å²) in [7, 11) is 0. The van der Waals surface area contributed by atoms with Gasteiger partial charge in [-0.05, 0) is 49.1 Å². The molecule has 188 valence electrons. The molecule has 1 aliphatic rings. The molecule has 0 saturated carbocycles. The SMILES string of the molecule is CCOC(=O)C1=C(c2ccccc2)N=c2s/c(=C\c3ccc(OCC)c(Cl)c3)c(=O)n2[C@@H]1c1cccs1. The van der Waals surface area contributed by atoms with Gasteiger partial charge in [-0.15, -0.1) is 11.3 Å². The Bertz CT molecular complexity index is 1650. The van der Waals surface area contributed by atoms with E-state index in [0.717, 1.165) is 16.0 Å². The van der Waals surface area contributed by atoms with E-state index in [1.807, 2.05) is 60.8 Å². The highest BCUT2D eigenvalue weighted by atomic mass is 35.5. The topological polar surface area (TPSA) is 69.9 Å². The molecule has 2 aromatic carbocycles. The van der Waals surface area contributed by atoms with Crippen LogP contribution in [0.2, 0.25) is 5.02 Å². The minimum atomic E-state index is -0.656. The van der Waals surface area contributed by atoms with Gasteiger partial charge in [-0.25, -0.2) is 9.79 Å². The Labute approximate surface area is 226 Å². The van der Waals surface area contributed by atoms with E-state index >= 15 is 0 Å². The van der Waals surface area contributed by atoms with Gasteiger partial charge < -0.3 is 9.47 Å². The summed E-state index contributed by atoms with van der Waals surface area (Å²) in [6.45, 7) is 4.37. The Morgan fingerprint density at radius 1 is 1.11 bits per heavy atom. The molecule has 0 saturated heterocycles. The highest BCUT2D eigenvalue weighted by Gasteiger charge is 2.35. The molecule has 0 radical (unpaired) electrons. The third kappa shape index (κ3) is 4.92. The summed E-state index contributed by atoms with van der Waals surface area (Å²) < 4.78 is 13.1. The maximum atomic E-state index is 13.8. The Morgan fingerprint density at radius 2 is 1.92 bits per heavy atom. The van der Waals surface area contributed by atoms with Crippen molar-refractivity contribution in [3.8, 4) is 5.75 Å². The molecule has 0 amide bonds.